The van der Waals surface area contributed by atoms with Crippen molar-refractivity contribution in [2.24, 2.45) is 5.73 Å². The number of fused-ring (bicyclic) bond motifs is 1. The van der Waals surface area contributed by atoms with Crippen molar-refractivity contribution in [2.45, 2.75) is 6.04 Å². The minimum Gasteiger partial charge on any atom is -0.496 e. The SMILES string of the molecule is COc1ccc2ccccc2c1[C@H](CN)N1CCOCC1. The number of methoxy groups -OCH3 is 1. The summed E-state index contributed by atoms with van der Waals surface area (Å²) < 4.78 is 11.1. The lowest BCUT2D eigenvalue weighted by atomic mass is 9.96. The molecule has 21 heavy (non-hydrogen) atoms. The van der Waals surface area contributed by atoms with Crippen LogP contribution in [0.3, 0.4) is 0 Å². The average molecular weight is 286 g/mol. The van der Waals surface area contributed by atoms with E-state index in [4.69, 9.17) is 15.2 Å². The molecule has 1 aliphatic heterocycles. The van der Waals surface area contributed by atoms with E-state index in [1.54, 1.807) is 7.11 Å². The van der Waals surface area contributed by atoms with Gasteiger partial charge in [0.05, 0.1) is 26.4 Å². The van der Waals surface area contributed by atoms with Gasteiger partial charge in [0, 0.05) is 25.2 Å². The molecule has 112 valence electrons. The van der Waals surface area contributed by atoms with Crippen molar-refractivity contribution in [3.8, 4) is 5.75 Å². The molecule has 0 radical (unpaired) electrons. The van der Waals surface area contributed by atoms with Gasteiger partial charge in [-0.3, -0.25) is 4.90 Å². The molecule has 2 aromatic carbocycles. The third kappa shape index (κ3) is 2.75. The van der Waals surface area contributed by atoms with Crippen molar-refractivity contribution in [3.05, 3.63) is 42.0 Å². The highest BCUT2D eigenvalue weighted by Crippen LogP contribution is 2.35. The van der Waals surface area contributed by atoms with Gasteiger partial charge in [-0.2, -0.15) is 0 Å². The van der Waals surface area contributed by atoms with Crippen LogP contribution in [-0.4, -0.2) is 44.9 Å². The van der Waals surface area contributed by atoms with Crippen molar-refractivity contribution >= 4 is 10.8 Å². The zero-order valence-corrected chi connectivity index (χ0v) is 12.4. The monoisotopic (exact) mass is 286 g/mol. The Morgan fingerprint density at radius 2 is 1.95 bits per heavy atom. The van der Waals surface area contributed by atoms with E-state index in [0.717, 1.165) is 32.1 Å². The first-order chi connectivity index (χ1) is 10.3. The topological polar surface area (TPSA) is 47.7 Å². The van der Waals surface area contributed by atoms with Gasteiger partial charge in [0.1, 0.15) is 5.75 Å². The van der Waals surface area contributed by atoms with Crippen LogP contribution in [0.1, 0.15) is 11.6 Å². The van der Waals surface area contributed by atoms with Gasteiger partial charge >= 0.3 is 0 Å². The van der Waals surface area contributed by atoms with Crippen molar-refractivity contribution in [3.63, 3.8) is 0 Å². The highest BCUT2D eigenvalue weighted by atomic mass is 16.5. The smallest absolute Gasteiger partial charge is 0.124 e. The van der Waals surface area contributed by atoms with E-state index in [1.807, 2.05) is 6.07 Å². The average Bonchev–Trinajstić information content (AvgIpc) is 2.56. The summed E-state index contributed by atoms with van der Waals surface area (Å²) >= 11 is 0. The first-order valence-corrected chi connectivity index (χ1v) is 7.42. The summed E-state index contributed by atoms with van der Waals surface area (Å²) in [4.78, 5) is 2.40. The van der Waals surface area contributed by atoms with Gasteiger partial charge in [0.25, 0.3) is 0 Å². The Kier molecular flexibility index (Phi) is 4.39. The number of benzene rings is 2. The summed E-state index contributed by atoms with van der Waals surface area (Å²) in [7, 11) is 1.72. The summed E-state index contributed by atoms with van der Waals surface area (Å²) in [6.45, 7) is 3.93. The van der Waals surface area contributed by atoms with E-state index in [9.17, 15) is 0 Å². The predicted octanol–water partition coefficient (Wildman–Crippen LogP) is 2.18. The molecule has 1 saturated heterocycles. The van der Waals surface area contributed by atoms with Gasteiger partial charge in [-0.15, -0.1) is 0 Å². The Bertz CT molecular complexity index is 609. The molecular formula is C17H22N2O2. The largest absolute Gasteiger partial charge is 0.496 e. The molecule has 0 bridgehead atoms. The lowest BCUT2D eigenvalue weighted by molar-refractivity contribution is 0.0177. The van der Waals surface area contributed by atoms with Crippen molar-refractivity contribution in [2.75, 3.05) is 40.0 Å². The molecule has 1 fully saturated rings. The molecule has 2 N–H and O–H groups in total. The van der Waals surface area contributed by atoms with Gasteiger partial charge in [0.15, 0.2) is 0 Å². The molecule has 0 aromatic heterocycles. The van der Waals surface area contributed by atoms with Crippen LogP contribution in [0, 0.1) is 0 Å². The molecule has 4 heteroatoms. The van der Waals surface area contributed by atoms with Crippen LogP contribution in [0.4, 0.5) is 0 Å². The second-order valence-corrected chi connectivity index (χ2v) is 5.30. The molecule has 2 aromatic rings. The lowest BCUT2D eigenvalue weighted by Gasteiger charge is -2.35. The second-order valence-electron chi connectivity index (χ2n) is 5.30. The lowest BCUT2D eigenvalue weighted by Crippen LogP contribution is -2.42. The standard InChI is InChI=1S/C17H22N2O2/c1-20-16-7-6-13-4-2-3-5-14(13)17(16)15(12-18)19-8-10-21-11-9-19/h2-7,15H,8-12,18H2,1H3/t15-/m0/s1. The van der Waals surface area contributed by atoms with Crippen molar-refractivity contribution in [1.29, 1.82) is 0 Å². The van der Waals surface area contributed by atoms with E-state index >= 15 is 0 Å². The maximum Gasteiger partial charge on any atom is 0.124 e. The van der Waals surface area contributed by atoms with Crippen LogP contribution >= 0.6 is 0 Å². The summed E-state index contributed by atoms with van der Waals surface area (Å²) in [6, 6.07) is 12.7. The fourth-order valence-corrected chi connectivity index (χ4v) is 3.14. The van der Waals surface area contributed by atoms with Crippen molar-refractivity contribution < 1.29 is 9.47 Å². The van der Waals surface area contributed by atoms with Crippen LogP contribution in [0.15, 0.2) is 36.4 Å². The Hall–Kier alpha value is -1.62. The zero-order chi connectivity index (χ0) is 14.7. The fourth-order valence-electron chi connectivity index (χ4n) is 3.14. The quantitative estimate of drug-likeness (QED) is 0.936. The molecular weight excluding hydrogens is 264 g/mol. The van der Waals surface area contributed by atoms with Crippen LogP contribution in [-0.2, 0) is 4.74 Å². The van der Waals surface area contributed by atoms with Gasteiger partial charge in [0.2, 0.25) is 0 Å². The normalized spacial score (nSPS) is 17.8. The molecule has 3 rings (SSSR count). The summed E-state index contributed by atoms with van der Waals surface area (Å²) in [5.74, 6) is 0.913. The number of ether oxygens (including phenoxy) is 2. The highest BCUT2D eigenvalue weighted by Gasteiger charge is 2.25. The minimum absolute atomic E-state index is 0.162. The summed E-state index contributed by atoms with van der Waals surface area (Å²) in [5.41, 5.74) is 7.31. The van der Waals surface area contributed by atoms with Crippen LogP contribution in [0.5, 0.6) is 5.75 Å². The third-order valence-electron chi connectivity index (χ3n) is 4.19. The third-order valence-corrected chi connectivity index (χ3v) is 4.19. The molecule has 1 aliphatic rings. The van der Waals surface area contributed by atoms with Crippen LogP contribution in [0.2, 0.25) is 0 Å². The number of nitrogens with zero attached hydrogens (tertiary/aromatic N) is 1. The number of nitrogens with two attached hydrogens (primary N) is 1. The number of hydrogen-bond donors (Lipinski definition) is 1. The number of morpholine rings is 1. The van der Waals surface area contributed by atoms with Crippen molar-refractivity contribution in [1.82, 2.24) is 4.90 Å². The van der Waals surface area contributed by atoms with Gasteiger partial charge in [-0.25, -0.2) is 0 Å². The van der Waals surface area contributed by atoms with E-state index in [0.29, 0.717) is 6.54 Å². The number of hydrogen-bond acceptors (Lipinski definition) is 4. The Morgan fingerprint density at radius 3 is 2.67 bits per heavy atom. The van der Waals surface area contributed by atoms with Gasteiger partial charge in [-0.05, 0) is 16.8 Å². The van der Waals surface area contributed by atoms with Crippen LogP contribution < -0.4 is 10.5 Å². The van der Waals surface area contributed by atoms with Gasteiger partial charge in [-0.1, -0.05) is 30.3 Å². The predicted molar refractivity (Wildman–Crippen MR) is 84.7 cm³/mol. The van der Waals surface area contributed by atoms with Gasteiger partial charge < -0.3 is 15.2 Å². The second kappa shape index (κ2) is 6.43. The molecule has 1 atom stereocenters. The zero-order valence-electron chi connectivity index (χ0n) is 12.4. The molecule has 0 unspecified atom stereocenters. The number of rotatable bonds is 4. The minimum atomic E-state index is 0.162. The van der Waals surface area contributed by atoms with E-state index in [2.05, 4.69) is 35.2 Å². The summed E-state index contributed by atoms with van der Waals surface area (Å²) in [5, 5.41) is 2.44. The van der Waals surface area contributed by atoms with E-state index in [1.165, 1.54) is 16.3 Å². The molecule has 1 heterocycles. The fraction of sp³-hybridized carbons (Fsp3) is 0.412. The highest BCUT2D eigenvalue weighted by molar-refractivity contribution is 5.88. The maximum atomic E-state index is 6.11. The first kappa shape index (κ1) is 14.3. The van der Waals surface area contributed by atoms with Crippen LogP contribution in [0.25, 0.3) is 10.8 Å². The molecule has 0 spiro atoms. The molecule has 0 saturated carbocycles. The first-order valence-electron chi connectivity index (χ1n) is 7.42. The maximum absolute atomic E-state index is 6.11. The molecule has 0 amide bonds. The Morgan fingerprint density at radius 1 is 1.19 bits per heavy atom. The molecule has 0 aliphatic carbocycles. The van der Waals surface area contributed by atoms with E-state index < -0.39 is 0 Å². The summed E-state index contributed by atoms with van der Waals surface area (Å²) in [6.07, 6.45) is 0. The van der Waals surface area contributed by atoms with E-state index in [-0.39, 0.29) is 6.04 Å². The molecule has 4 nitrogen and oxygen atoms in total. The Labute approximate surface area is 125 Å². The Balaban J connectivity index is 2.10.